The Labute approximate surface area is 109 Å². The Bertz CT molecular complexity index is 280. The van der Waals surface area contributed by atoms with Gasteiger partial charge in [0, 0.05) is 6.54 Å². The van der Waals surface area contributed by atoms with Crippen LogP contribution in [0.4, 0.5) is 0 Å². The minimum absolute atomic E-state index is 0. The van der Waals surface area contributed by atoms with Gasteiger partial charge in [-0.2, -0.15) is 0 Å². The fourth-order valence-corrected chi connectivity index (χ4v) is 5.05. The van der Waals surface area contributed by atoms with Crippen molar-refractivity contribution in [3.63, 3.8) is 0 Å². The van der Waals surface area contributed by atoms with Crippen LogP contribution in [0.3, 0.4) is 0 Å². The SMILES string of the molecule is Cl.NCC(C(=O)O)C1C2CC3CC(C2)CC1C3. The summed E-state index contributed by atoms with van der Waals surface area (Å²) >= 11 is 0. The number of halogens is 1. The van der Waals surface area contributed by atoms with E-state index in [1.54, 1.807) is 0 Å². The zero-order valence-corrected chi connectivity index (χ0v) is 10.9. The summed E-state index contributed by atoms with van der Waals surface area (Å²) < 4.78 is 0. The lowest BCUT2D eigenvalue weighted by Gasteiger charge is -2.55. The third kappa shape index (κ3) is 2.08. The minimum atomic E-state index is -0.667. The largest absolute Gasteiger partial charge is 0.481 e. The van der Waals surface area contributed by atoms with Gasteiger partial charge in [0.1, 0.15) is 0 Å². The Morgan fingerprint density at radius 1 is 1.12 bits per heavy atom. The van der Waals surface area contributed by atoms with Crippen molar-refractivity contribution >= 4 is 18.4 Å². The molecular formula is C13H22ClNO2. The van der Waals surface area contributed by atoms with Crippen LogP contribution in [0.25, 0.3) is 0 Å². The van der Waals surface area contributed by atoms with Crippen LogP contribution in [0.15, 0.2) is 0 Å². The van der Waals surface area contributed by atoms with Crippen LogP contribution in [-0.4, -0.2) is 17.6 Å². The van der Waals surface area contributed by atoms with E-state index in [1.807, 2.05) is 0 Å². The van der Waals surface area contributed by atoms with E-state index in [-0.39, 0.29) is 18.3 Å². The molecule has 0 aromatic heterocycles. The van der Waals surface area contributed by atoms with E-state index in [0.29, 0.717) is 24.3 Å². The molecule has 0 saturated heterocycles. The Morgan fingerprint density at radius 3 is 1.94 bits per heavy atom. The van der Waals surface area contributed by atoms with Crippen molar-refractivity contribution in [2.75, 3.05) is 6.54 Å². The smallest absolute Gasteiger partial charge is 0.308 e. The molecule has 17 heavy (non-hydrogen) atoms. The van der Waals surface area contributed by atoms with Crippen LogP contribution >= 0.6 is 12.4 Å². The van der Waals surface area contributed by atoms with Gasteiger partial charge in [-0.05, 0) is 61.7 Å². The number of hydrogen-bond donors (Lipinski definition) is 2. The lowest BCUT2D eigenvalue weighted by molar-refractivity contribution is -0.150. The van der Waals surface area contributed by atoms with Crippen molar-refractivity contribution in [1.82, 2.24) is 0 Å². The van der Waals surface area contributed by atoms with E-state index in [4.69, 9.17) is 5.73 Å². The second-order valence-electron chi connectivity index (χ2n) is 6.19. The lowest BCUT2D eigenvalue weighted by Crippen LogP contribution is -2.50. The molecule has 3 N–H and O–H groups in total. The molecule has 0 radical (unpaired) electrons. The van der Waals surface area contributed by atoms with Crippen LogP contribution in [0.2, 0.25) is 0 Å². The Hall–Kier alpha value is -0.280. The molecule has 4 fully saturated rings. The van der Waals surface area contributed by atoms with E-state index < -0.39 is 5.97 Å². The summed E-state index contributed by atoms with van der Waals surface area (Å²) in [4.78, 5) is 11.3. The van der Waals surface area contributed by atoms with E-state index in [9.17, 15) is 9.90 Å². The fourth-order valence-electron chi connectivity index (χ4n) is 5.05. The number of carbonyl (C=O) groups is 1. The summed E-state index contributed by atoms with van der Waals surface area (Å²) in [5.74, 6) is 2.59. The van der Waals surface area contributed by atoms with Gasteiger partial charge in [0.05, 0.1) is 5.92 Å². The van der Waals surface area contributed by atoms with Gasteiger partial charge in [0.15, 0.2) is 0 Å². The highest BCUT2D eigenvalue weighted by molar-refractivity contribution is 5.85. The molecule has 1 unspecified atom stereocenters. The Morgan fingerprint density at radius 2 is 1.59 bits per heavy atom. The third-order valence-corrected chi connectivity index (χ3v) is 5.34. The summed E-state index contributed by atoms with van der Waals surface area (Å²) in [5, 5.41) is 9.28. The highest BCUT2D eigenvalue weighted by atomic mass is 35.5. The topological polar surface area (TPSA) is 63.3 Å². The zero-order valence-electron chi connectivity index (χ0n) is 10.0. The van der Waals surface area contributed by atoms with Crippen molar-refractivity contribution in [2.45, 2.75) is 32.1 Å². The highest BCUT2D eigenvalue weighted by Crippen LogP contribution is 2.58. The van der Waals surface area contributed by atoms with Crippen molar-refractivity contribution in [2.24, 2.45) is 41.2 Å². The van der Waals surface area contributed by atoms with E-state index >= 15 is 0 Å². The summed E-state index contributed by atoms with van der Waals surface area (Å²) in [7, 11) is 0. The molecule has 4 saturated carbocycles. The van der Waals surface area contributed by atoms with Crippen LogP contribution in [0.5, 0.6) is 0 Å². The summed E-state index contributed by atoms with van der Waals surface area (Å²) in [6, 6.07) is 0. The van der Waals surface area contributed by atoms with Crippen molar-refractivity contribution in [1.29, 1.82) is 0 Å². The highest BCUT2D eigenvalue weighted by Gasteiger charge is 2.51. The maximum absolute atomic E-state index is 11.3. The van der Waals surface area contributed by atoms with E-state index in [1.165, 1.54) is 32.1 Å². The number of carboxylic acids is 1. The molecule has 4 aliphatic carbocycles. The summed E-state index contributed by atoms with van der Waals surface area (Å²) in [5.41, 5.74) is 5.67. The first kappa shape index (κ1) is 13.2. The quantitative estimate of drug-likeness (QED) is 0.816. The van der Waals surface area contributed by atoms with Crippen LogP contribution in [0.1, 0.15) is 32.1 Å². The van der Waals surface area contributed by atoms with Gasteiger partial charge in [-0.3, -0.25) is 4.79 Å². The van der Waals surface area contributed by atoms with Crippen molar-refractivity contribution in [3.05, 3.63) is 0 Å². The van der Waals surface area contributed by atoms with Gasteiger partial charge in [-0.15, -0.1) is 12.4 Å². The maximum atomic E-state index is 11.3. The van der Waals surface area contributed by atoms with Gasteiger partial charge >= 0.3 is 5.97 Å². The lowest BCUT2D eigenvalue weighted by atomic mass is 9.49. The minimum Gasteiger partial charge on any atom is -0.481 e. The molecule has 4 bridgehead atoms. The average Bonchev–Trinajstić information content (AvgIpc) is 2.21. The van der Waals surface area contributed by atoms with Crippen LogP contribution in [0, 0.1) is 35.5 Å². The Kier molecular flexibility index (Phi) is 3.69. The number of nitrogens with two attached hydrogens (primary N) is 1. The van der Waals surface area contributed by atoms with Crippen molar-refractivity contribution in [3.8, 4) is 0 Å². The van der Waals surface area contributed by atoms with E-state index in [2.05, 4.69) is 0 Å². The molecule has 0 amide bonds. The van der Waals surface area contributed by atoms with Gasteiger partial charge in [0.25, 0.3) is 0 Å². The number of aliphatic carboxylic acids is 1. The van der Waals surface area contributed by atoms with Gasteiger partial charge in [-0.1, -0.05) is 0 Å². The summed E-state index contributed by atoms with van der Waals surface area (Å²) in [6.45, 7) is 0.322. The second-order valence-corrected chi connectivity index (χ2v) is 6.19. The Balaban J connectivity index is 0.00000108. The molecule has 4 heteroatoms. The third-order valence-electron chi connectivity index (χ3n) is 5.34. The molecule has 4 aliphatic rings. The van der Waals surface area contributed by atoms with Gasteiger partial charge in [0.2, 0.25) is 0 Å². The molecule has 0 heterocycles. The second kappa shape index (κ2) is 4.77. The number of carboxylic acid groups (broad SMARTS) is 1. The number of hydrogen-bond acceptors (Lipinski definition) is 2. The molecule has 3 nitrogen and oxygen atoms in total. The van der Waals surface area contributed by atoms with Gasteiger partial charge in [-0.25, -0.2) is 0 Å². The van der Waals surface area contributed by atoms with E-state index in [0.717, 1.165) is 11.8 Å². The monoisotopic (exact) mass is 259 g/mol. The van der Waals surface area contributed by atoms with Crippen molar-refractivity contribution < 1.29 is 9.90 Å². The molecule has 4 rings (SSSR count). The van der Waals surface area contributed by atoms with Crippen LogP contribution < -0.4 is 5.73 Å². The first-order valence-corrected chi connectivity index (χ1v) is 6.62. The molecule has 0 aromatic carbocycles. The molecule has 1 atom stereocenters. The summed E-state index contributed by atoms with van der Waals surface area (Å²) in [6.07, 6.45) is 6.53. The first-order chi connectivity index (χ1) is 7.69. The molecule has 98 valence electrons. The maximum Gasteiger partial charge on any atom is 0.308 e. The van der Waals surface area contributed by atoms with Gasteiger partial charge < -0.3 is 10.8 Å². The molecule has 0 aromatic rings. The average molecular weight is 260 g/mol. The van der Waals surface area contributed by atoms with Crippen LogP contribution in [-0.2, 0) is 4.79 Å². The molecular weight excluding hydrogens is 238 g/mol. The zero-order chi connectivity index (χ0) is 11.3. The molecule has 0 aliphatic heterocycles. The fraction of sp³-hybridized carbons (Fsp3) is 0.923. The predicted octanol–water partition coefficient (Wildman–Crippen LogP) is 2.14. The normalized spacial score (nSPS) is 44.2. The molecule has 0 spiro atoms. The standard InChI is InChI=1S/C13H21NO2.ClH/c14-6-11(13(15)16)12-9-2-7-1-8(4-9)5-10(12)3-7;/h7-12H,1-6,14H2,(H,15,16);1H. The predicted molar refractivity (Wildman–Crippen MR) is 68.0 cm³/mol. The first-order valence-electron chi connectivity index (χ1n) is 6.62. The number of rotatable bonds is 3.